The molecule has 45 heavy (non-hydrogen) atoms. The number of benzene rings is 4. The molecule has 0 heterocycles. The van der Waals surface area contributed by atoms with E-state index in [-0.39, 0.29) is 28.9 Å². The van der Waals surface area contributed by atoms with Crippen LogP contribution < -0.4 is 10.6 Å². The van der Waals surface area contributed by atoms with Crippen molar-refractivity contribution in [1.82, 2.24) is 0 Å². The summed E-state index contributed by atoms with van der Waals surface area (Å²) in [6, 6.07) is 19.3. The summed E-state index contributed by atoms with van der Waals surface area (Å²) in [4.78, 5) is 12.8. The molecule has 4 aromatic rings. The molecular formula is C28H19F7N4O5S. The fourth-order valence-corrected chi connectivity index (χ4v) is 5.21. The Kier molecular flexibility index (Phi) is 8.77. The predicted octanol–water partition coefficient (Wildman–Crippen LogP) is 8.10. The van der Waals surface area contributed by atoms with Gasteiger partial charge in [0.2, 0.25) is 0 Å². The normalized spacial score (nSPS) is 12.7. The SMILES string of the molecule is O=[N+]([O-])c1cc(S(=O)(=O)C(F)(F)C(F)(F)C(F)(F)F)c(Nc2ccc(N=Cc3ccccc3O)cc2)cc1Nc1ccccc1. The summed E-state index contributed by atoms with van der Waals surface area (Å²) in [5.41, 5.74) is -1.99. The molecule has 0 aliphatic rings. The van der Waals surface area contributed by atoms with Crippen LogP contribution in [0.2, 0.25) is 0 Å². The summed E-state index contributed by atoms with van der Waals surface area (Å²) in [6.45, 7) is 0. The lowest BCUT2D eigenvalue weighted by molar-refractivity contribution is -0.384. The van der Waals surface area contributed by atoms with E-state index in [2.05, 4.69) is 15.6 Å². The first-order valence-electron chi connectivity index (χ1n) is 12.4. The van der Waals surface area contributed by atoms with Gasteiger partial charge in [-0.3, -0.25) is 15.1 Å². The number of nitro benzene ring substituents is 1. The van der Waals surface area contributed by atoms with Crippen molar-refractivity contribution < 1.29 is 49.2 Å². The van der Waals surface area contributed by atoms with Gasteiger partial charge in [-0.1, -0.05) is 30.3 Å². The summed E-state index contributed by atoms with van der Waals surface area (Å²) in [5, 5.41) is 19.8. The summed E-state index contributed by atoms with van der Waals surface area (Å²) in [5.74, 6) is -7.14. The van der Waals surface area contributed by atoms with Gasteiger partial charge in [0.1, 0.15) is 16.3 Å². The Balaban J connectivity index is 1.83. The third kappa shape index (κ3) is 6.52. The predicted molar refractivity (Wildman–Crippen MR) is 151 cm³/mol. The monoisotopic (exact) mass is 656 g/mol. The molecule has 0 aromatic heterocycles. The number of sulfone groups is 1. The quantitative estimate of drug-likeness (QED) is 0.0680. The van der Waals surface area contributed by atoms with Crippen LogP contribution in [0, 0.1) is 10.1 Å². The second-order valence-corrected chi connectivity index (χ2v) is 11.2. The Morgan fingerprint density at radius 3 is 1.91 bits per heavy atom. The molecule has 0 saturated carbocycles. The topological polar surface area (TPSA) is 134 Å². The van der Waals surface area contributed by atoms with E-state index < -0.39 is 54.1 Å². The largest absolute Gasteiger partial charge is 0.507 e. The van der Waals surface area contributed by atoms with Crippen LogP contribution >= 0.6 is 0 Å². The first-order valence-corrected chi connectivity index (χ1v) is 13.8. The maximum absolute atomic E-state index is 14.7. The van der Waals surface area contributed by atoms with E-state index in [1.807, 2.05) is 0 Å². The summed E-state index contributed by atoms with van der Waals surface area (Å²) in [7, 11) is -6.97. The van der Waals surface area contributed by atoms with E-state index >= 15 is 0 Å². The van der Waals surface area contributed by atoms with Gasteiger partial charge in [-0.25, -0.2) is 8.42 Å². The molecule has 0 unspecified atom stereocenters. The number of nitrogens with zero attached hydrogens (tertiary/aromatic N) is 2. The van der Waals surface area contributed by atoms with Crippen molar-refractivity contribution in [3.05, 3.63) is 107 Å². The zero-order chi connectivity index (χ0) is 33.2. The molecule has 0 saturated heterocycles. The van der Waals surface area contributed by atoms with Crippen molar-refractivity contribution >= 4 is 50.2 Å². The second-order valence-electron chi connectivity index (χ2n) is 9.19. The Hall–Kier alpha value is -5.19. The van der Waals surface area contributed by atoms with Gasteiger partial charge < -0.3 is 15.7 Å². The molecule has 236 valence electrons. The van der Waals surface area contributed by atoms with E-state index in [1.54, 1.807) is 24.3 Å². The summed E-state index contributed by atoms with van der Waals surface area (Å²) in [6.07, 6.45) is -5.69. The molecule has 17 heteroatoms. The third-order valence-corrected chi connectivity index (χ3v) is 7.98. The Bertz CT molecular complexity index is 1850. The van der Waals surface area contributed by atoms with Gasteiger partial charge in [-0.05, 0) is 54.6 Å². The minimum absolute atomic E-state index is 0.0334. The fourth-order valence-electron chi connectivity index (χ4n) is 3.82. The first kappa shape index (κ1) is 32.7. The van der Waals surface area contributed by atoms with Crippen molar-refractivity contribution in [2.24, 2.45) is 4.99 Å². The second kappa shape index (κ2) is 12.1. The maximum Gasteiger partial charge on any atom is 0.461 e. The van der Waals surface area contributed by atoms with Crippen LogP contribution in [-0.4, -0.2) is 42.0 Å². The molecule has 4 aromatic carbocycles. The molecule has 4 rings (SSSR count). The molecule has 0 amide bonds. The number of hydrogen-bond donors (Lipinski definition) is 3. The molecule has 0 fully saturated rings. The number of alkyl halides is 7. The lowest BCUT2D eigenvalue weighted by Crippen LogP contribution is -2.56. The van der Waals surface area contributed by atoms with Gasteiger partial charge in [-0.15, -0.1) is 0 Å². The number of phenols is 1. The van der Waals surface area contributed by atoms with Crippen LogP contribution in [0.5, 0.6) is 5.75 Å². The molecule has 0 atom stereocenters. The first-order chi connectivity index (χ1) is 21.0. The van der Waals surface area contributed by atoms with Gasteiger partial charge in [-0.2, -0.15) is 30.7 Å². The van der Waals surface area contributed by atoms with Crippen molar-refractivity contribution in [2.75, 3.05) is 10.6 Å². The number of para-hydroxylation sites is 2. The van der Waals surface area contributed by atoms with Gasteiger partial charge >= 0.3 is 17.4 Å². The van der Waals surface area contributed by atoms with E-state index in [1.165, 1.54) is 60.8 Å². The number of aromatic hydroxyl groups is 1. The van der Waals surface area contributed by atoms with E-state index in [0.29, 0.717) is 11.6 Å². The highest BCUT2D eigenvalue weighted by molar-refractivity contribution is 7.92. The van der Waals surface area contributed by atoms with Crippen molar-refractivity contribution in [3.63, 3.8) is 0 Å². The maximum atomic E-state index is 14.7. The van der Waals surface area contributed by atoms with E-state index in [9.17, 15) is 54.4 Å². The summed E-state index contributed by atoms with van der Waals surface area (Å²) < 4.78 is 122. The highest BCUT2D eigenvalue weighted by atomic mass is 32.2. The number of nitrogens with one attached hydrogen (secondary N) is 2. The highest BCUT2D eigenvalue weighted by Crippen LogP contribution is 2.52. The number of hydrogen-bond acceptors (Lipinski definition) is 8. The zero-order valence-corrected chi connectivity index (χ0v) is 23.1. The number of halogens is 7. The van der Waals surface area contributed by atoms with E-state index in [0.717, 1.165) is 0 Å². The lowest BCUT2D eigenvalue weighted by Gasteiger charge is -2.28. The van der Waals surface area contributed by atoms with Crippen molar-refractivity contribution in [1.29, 1.82) is 0 Å². The van der Waals surface area contributed by atoms with E-state index in [4.69, 9.17) is 0 Å². The molecule has 0 spiro atoms. The fraction of sp³-hybridized carbons (Fsp3) is 0.107. The van der Waals surface area contributed by atoms with Gasteiger partial charge in [0.05, 0.1) is 16.3 Å². The highest BCUT2D eigenvalue weighted by Gasteiger charge is 2.79. The van der Waals surface area contributed by atoms with Crippen LogP contribution in [0.15, 0.2) is 101 Å². The Morgan fingerprint density at radius 1 is 0.778 bits per heavy atom. The van der Waals surface area contributed by atoms with Crippen LogP contribution in [0.3, 0.4) is 0 Å². The van der Waals surface area contributed by atoms with Gasteiger partial charge in [0.15, 0.2) is 0 Å². The average molecular weight is 657 g/mol. The minimum Gasteiger partial charge on any atom is -0.507 e. The smallest absolute Gasteiger partial charge is 0.461 e. The number of anilines is 4. The van der Waals surface area contributed by atoms with Crippen LogP contribution in [-0.2, 0) is 9.84 Å². The van der Waals surface area contributed by atoms with Crippen molar-refractivity contribution in [3.8, 4) is 5.75 Å². The molecule has 0 radical (unpaired) electrons. The number of phenolic OH excluding ortho intramolecular Hbond substituents is 1. The molecule has 0 bridgehead atoms. The van der Waals surface area contributed by atoms with Gasteiger partial charge in [0.25, 0.3) is 15.5 Å². The Labute approximate surface area is 249 Å². The third-order valence-electron chi connectivity index (χ3n) is 6.13. The van der Waals surface area contributed by atoms with Crippen LogP contribution in [0.25, 0.3) is 0 Å². The average Bonchev–Trinajstić information content (AvgIpc) is 2.97. The molecule has 0 aliphatic heterocycles. The van der Waals surface area contributed by atoms with Crippen LogP contribution in [0.4, 0.5) is 64.9 Å². The molecule has 9 nitrogen and oxygen atoms in total. The van der Waals surface area contributed by atoms with Crippen LogP contribution in [0.1, 0.15) is 5.56 Å². The number of nitro groups is 1. The Morgan fingerprint density at radius 2 is 1.33 bits per heavy atom. The number of rotatable bonds is 10. The standard InChI is InChI=1S/C28H19F7N4O5S/c29-26(30,27(31,32)33)28(34,35)45(43,44)25-15-23(39(41)42)21(37-19-7-2-1-3-8-19)14-22(25)38-20-12-10-18(11-13-20)36-16-17-6-4-5-9-24(17)40/h1-16,37-38,40H. The lowest BCUT2D eigenvalue weighted by atomic mass is 10.2. The summed E-state index contributed by atoms with van der Waals surface area (Å²) >= 11 is 0. The molecule has 3 N–H and O–H groups in total. The number of aliphatic imine (C=N–C) groups is 1. The van der Waals surface area contributed by atoms with Crippen molar-refractivity contribution in [2.45, 2.75) is 22.2 Å². The molecule has 0 aliphatic carbocycles. The van der Waals surface area contributed by atoms with Gasteiger partial charge in [0, 0.05) is 29.2 Å². The zero-order valence-electron chi connectivity index (χ0n) is 22.3. The molecular weight excluding hydrogens is 637 g/mol. The minimum atomic E-state index is -7.07.